The highest BCUT2D eigenvalue weighted by molar-refractivity contribution is 5.78. The van der Waals surface area contributed by atoms with Gasteiger partial charge >= 0.3 is 0 Å². The third-order valence-electron chi connectivity index (χ3n) is 6.88. The van der Waals surface area contributed by atoms with Crippen molar-refractivity contribution in [1.29, 1.82) is 0 Å². The van der Waals surface area contributed by atoms with Crippen molar-refractivity contribution in [3.8, 4) is 28.0 Å². The SMILES string of the molecule is NC(c1ccc(-c2cnn3cc(-c4ccc(OCCN5CCCCC5)cc4)cnc23)cc1)C(F)(F)CF. The van der Waals surface area contributed by atoms with Gasteiger partial charge in [0, 0.05) is 30.1 Å². The van der Waals surface area contributed by atoms with E-state index in [1.165, 1.54) is 31.4 Å². The summed E-state index contributed by atoms with van der Waals surface area (Å²) in [6, 6.07) is 12.5. The molecule has 2 aromatic heterocycles. The molecule has 0 saturated carbocycles. The van der Waals surface area contributed by atoms with Crippen molar-refractivity contribution in [3.05, 3.63) is 72.7 Å². The molecule has 1 unspecified atom stereocenters. The molecule has 0 bridgehead atoms. The van der Waals surface area contributed by atoms with Gasteiger partial charge < -0.3 is 10.5 Å². The second-order valence-electron chi connectivity index (χ2n) is 9.44. The van der Waals surface area contributed by atoms with Gasteiger partial charge in [-0.2, -0.15) is 5.10 Å². The molecular formula is C28H30F3N5O. The molecule has 4 aromatic rings. The minimum absolute atomic E-state index is 0.164. The number of nitrogens with two attached hydrogens (primary N) is 1. The number of aromatic nitrogens is 3. The molecule has 2 aromatic carbocycles. The van der Waals surface area contributed by atoms with Crippen LogP contribution in [0.15, 0.2) is 67.1 Å². The zero-order valence-electron chi connectivity index (χ0n) is 20.5. The first-order valence-electron chi connectivity index (χ1n) is 12.5. The van der Waals surface area contributed by atoms with Gasteiger partial charge in [-0.25, -0.2) is 22.7 Å². The van der Waals surface area contributed by atoms with Crippen LogP contribution in [0.5, 0.6) is 5.75 Å². The van der Waals surface area contributed by atoms with E-state index in [1.54, 1.807) is 29.0 Å². The van der Waals surface area contributed by atoms with Crippen LogP contribution in [0.3, 0.4) is 0 Å². The average Bonchev–Trinajstić information content (AvgIpc) is 3.37. The number of ether oxygens (including phenoxy) is 1. The van der Waals surface area contributed by atoms with Crippen molar-refractivity contribution in [2.45, 2.75) is 31.2 Å². The number of rotatable bonds is 9. The quantitative estimate of drug-likeness (QED) is 0.321. The number of halogens is 3. The molecule has 37 heavy (non-hydrogen) atoms. The molecule has 1 aliphatic rings. The highest BCUT2D eigenvalue weighted by atomic mass is 19.3. The third kappa shape index (κ3) is 5.62. The largest absolute Gasteiger partial charge is 0.492 e. The molecule has 1 aliphatic heterocycles. The van der Waals surface area contributed by atoms with E-state index >= 15 is 0 Å². The van der Waals surface area contributed by atoms with Gasteiger partial charge in [0.1, 0.15) is 12.4 Å². The van der Waals surface area contributed by atoms with Crippen molar-refractivity contribution >= 4 is 5.65 Å². The lowest BCUT2D eigenvalue weighted by molar-refractivity contribution is -0.0468. The van der Waals surface area contributed by atoms with Crippen LogP contribution in [0, 0.1) is 0 Å². The van der Waals surface area contributed by atoms with Crippen LogP contribution in [0.1, 0.15) is 30.9 Å². The van der Waals surface area contributed by atoms with Crippen molar-refractivity contribution < 1.29 is 17.9 Å². The molecule has 1 fully saturated rings. The van der Waals surface area contributed by atoms with E-state index in [1.807, 2.05) is 30.5 Å². The lowest BCUT2D eigenvalue weighted by Gasteiger charge is -2.26. The monoisotopic (exact) mass is 509 g/mol. The van der Waals surface area contributed by atoms with Crippen LogP contribution in [0.4, 0.5) is 13.2 Å². The first-order chi connectivity index (χ1) is 17.9. The maximum atomic E-state index is 13.6. The Balaban J connectivity index is 1.26. The minimum Gasteiger partial charge on any atom is -0.492 e. The molecule has 0 spiro atoms. The second-order valence-corrected chi connectivity index (χ2v) is 9.44. The standard InChI is InChI=1S/C28H30F3N5O/c29-19-28(30,31)26(32)22-6-4-21(5-7-22)25-17-34-36-18-23(16-33-27(25)36)20-8-10-24(11-9-20)37-15-14-35-12-2-1-3-13-35/h4-11,16-18,26H,1-3,12-15,19,32H2. The van der Waals surface area contributed by atoms with Gasteiger partial charge in [0.05, 0.1) is 12.2 Å². The molecule has 1 saturated heterocycles. The Morgan fingerprint density at radius 1 is 0.919 bits per heavy atom. The van der Waals surface area contributed by atoms with E-state index in [-0.39, 0.29) is 5.56 Å². The van der Waals surface area contributed by atoms with Gasteiger partial charge in [0.25, 0.3) is 5.92 Å². The highest BCUT2D eigenvalue weighted by Gasteiger charge is 2.38. The molecule has 194 valence electrons. The summed E-state index contributed by atoms with van der Waals surface area (Å²) in [6.07, 6.45) is 9.22. The first kappa shape index (κ1) is 25.2. The molecule has 0 aliphatic carbocycles. The maximum Gasteiger partial charge on any atom is 0.294 e. The van der Waals surface area contributed by atoms with Gasteiger partial charge in [-0.05, 0) is 54.8 Å². The number of piperidine rings is 1. The van der Waals surface area contributed by atoms with E-state index < -0.39 is 18.6 Å². The van der Waals surface area contributed by atoms with Gasteiger partial charge in [-0.3, -0.25) is 4.90 Å². The van der Waals surface area contributed by atoms with Crippen LogP contribution in [0.2, 0.25) is 0 Å². The molecule has 5 rings (SSSR count). The highest BCUT2D eigenvalue weighted by Crippen LogP contribution is 2.32. The summed E-state index contributed by atoms with van der Waals surface area (Å²) >= 11 is 0. The lowest BCUT2D eigenvalue weighted by Crippen LogP contribution is -2.34. The zero-order chi connectivity index (χ0) is 25.8. The maximum absolute atomic E-state index is 13.6. The summed E-state index contributed by atoms with van der Waals surface area (Å²) in [6.45, 7) is 2.14. The van der Waals surface area contributed by atoms with E-state index in [9.17, 15) is 13.2 Å². The Kier molecular flexibility index (Phi) is 7.43. The Bertz CT molecular complexity index is 1320. The number of hydrogen-bond donors (Lipinski definition) is 1. The first-order valence-corrected chi connectivity index (χ1v) is 12.5. The summed E-state index contributed by atoms with van der Waals surface area (Å²) in [4.78, 5) is 7.05. The van der Waals surface area contributed by atoms with Crippen LogP contribution in [0.25, 0.3) is 27.9 Å². The molecule has 6 nitrogen and oxygen atoms in total. The fourth-order valence-electron chi connectivity index (χ4n) is 4.64. The van der Waals surface area contributed by atoms with Crippen LogP contribution in [-0.4, -0.2) is 58.3 Å². The van der Waals surface area contributed by atoms with Gasteiger partial charge in [-0.15, -0.1) is 0 Å². The van der Waals surface area contributed by atoms with Crippen molar-refractivity contribution in [2.75, 3.05) is 32.9 Å². The molecule has 2 N–H and O–H groups in total. The smallest absolute Gasteiger partial charge is 0.294 e. The Morgan fingerprint density at radius 3 is 2.32 bits per heavy atom. The van der Waals surface area contributed by atoms with E-state index in [0.717, 1.165) is 47.6 Å². The van der Waals surface area contributed by atoms with Crippen molar-refractivity contribution in [1.82, 2.24) is 19.5 Å². The predicted octanol–water partition coefficient (Wildman–Crippen LogP) is 5.53. The number of hydrogen-bond acceptors (Lipinski definition) is 5. The van der Waals surface area contributed by atoms with E-state index in [4.69, 9.17) is 10.5 Å². The Morgan fingerprint density at radius 2 is 1.62 bits per heavy atom. The van der Waals surface area contributed by atoms with Crippen LogP contribution < -0.4 is 10.5 Å². The summed E-state index contributed by atoms with van der Waals surface area (Å²) < 4.78 is 47.4. The normalized spacial score (nSPS) is 15.7. The third-order valence-corrected chi connectivity index (χ3v) is 6.88. The van der Waals surface area contributed by atoms with Crippen LogP contribution >= 0.6 is 0 Å². The number of nitrogens with zero attached hydrogens (tertiary/aromatic N) is 4. The van der Waals surface area contributed by atoms with E-state index in [2.05, 4.69) is 15.0 Å². The zero-order valence-corrected chi connectivity index (χ0v) is 20.5. The van der Waals surface area contributed by atoms with Gasteiger partial charge in [0.15, 0.2) is 12.3 Å². The number of likely N-dealkylation sites (tertiary alicyclic amines) is 1. The van der Waals surface area contributed by atoms with E-state index in [0.29, 0.717) is 12.3 Å². The molecule has 0 radical (unpaired) electrons. The topological polar surface area (TPSA) is 68.7 Å². The average molecular weight is 510 g/mol. The summed E-state index contributed by atoms with van der Waals surface area (Å²) in [5.74, 6) is -2.77. The Labute approximate surface area is 213 Å². The number of benzene rings is 2. The Hall–Kier alpha value is -3.43. The van der Waals surface area contributed by atoms with Crippen molar-refractivity contribution in [3.63, 3.8) is 0 Å². The molecular weight excluding hydrogens is 479 g/mol. The molecule has 0 amide bonds. The molecule has 9 heteroatoms. The molecule has 3 heterocycles. The predicted molar refractivity (Wildman–Crippen MR) is 137 cm³/mol. The van der Waals surface area contributed by atoms with Crippen molar-refractivity contribution in [2.24, 2.45) is 5.73 Å². The molecule has 1 atom stereocenters. The summed E-state index contributed by atoms with van der Waals surface area (Å²) in [5.41, 5.74) is 9.74. The van der Waals surface area contributed by atoms with Gasteiger partial charge in [0.2, 0.25) is 0 Å². The fourth-order valence-corrected chi connectivity index (χ4v) is 4.64. The number of fused-ring (bicyclic) bond motifs is 1. The van der Waals surface area contributed by atoms with Crippen LogP contribution in [-0.2, 0) is 0 Å². The second kappa shape index (κ2) is 10.9. The number of alkyl halides is 3. The summed E-state index contributed by atoms with van der Waals surface area (Å²) in [7, 11) is 0. The lowest BCUT2D eigenvalue weighted by atomic mass is 9.99. The summed E-state index contributed by atoms with van der Waals surface area (Å²) in [5, 5.41) is 4.42. The minimum atomic E-state index is -3.61. The van der Waals surface area contributed by atoms with Gasteiger partial charge in [-0.1, -0.05) is 42.8 Å². The fraction of sp³-hybridized carbons (Fsp3) is 0.357.